The monoisotopic (exact) mass is 392 g/mol. The molecule has 0 bridgehead atoms. The summed E-state index contributed by atoms with van der Waals surface area (Å²) in [4.78, 5) is 33.9. The molecule has 0 saturated carbocycles. The summed E-state index contributed by atoms with van der Waals surface area (Å²) in [5, 5.41) is 6.34. The van der Waals surface area contributed by atoms with Crippen molar-refractivity contribution in [3.05, 3.63) is 55.0 Å². The van der Waals surface area contributed by atoms with Crippen molar-refractivity contribution >= 4 is 43.3 Å². The number of aryl methyl sites for hydroxylation is 1. The minimum Gasteiger partial charge on any atom is -0.292 e. The molecule has 0 radical (unpaired) electrons. The van der Waals surface area contributed by atoms with E-state index in [1.54, 1.807) is 18.6 Å². The van der Waals surface area contributed by atoms with Crippen molar-refractivity contribution in [3.8, 4) is 0 Å². The Morgan fingerprint density at radius 2 is 2.17 bits per heavy atom. The summed E-state index contributed by atoms with van der Waals surface area (Å²) in [6.45, 7) is 0.173. The summed E-state index contributed by atoms with van der Waals surface area (Å²) < 4.78 is 4.87. The van der Waals surface area contributed by atoms with Gasteiger partial charge in [-0.05, 0) is 15.9 Å². The highest BCUT2D eigenvalue weighted by molar-refractivity contribution is 9.10. The van der Waals surface area contributed by atoms with E-state index in [9.17, 15) is 9.59 Å². The number of fused-ring (bicyclic) bond motifs is 2. The molecule has 8 nitrogen and oxygen atoms in total. The Morgan fingerprint density at radius 3 is 3.00 bits per heavy atom. The van der Waals surface area contributed by atoms with Crippen LogP contribution in [0.15, 0.2) is 38.2 Å². The van der Waals surface area contributed by atoms with Gasteiger partial charge in [0.15, 0.2) is 10.6 Å². The fraction of sp³-hybridized carbons (Fsp3) is 0.154. The maximum absolute atomic E-state index is 12.6. The van der Waals surface area contributed by atoms with Crippen LogP contribution >= 0.6 is 27.3 Å². The first kappa shape index (κ1) is 14.3. The van der Waals surface area contributed by atoms with Gasteiger partial charge in [0.25, 0.3) is 11.1 Å². The van der Waals surface area contributed by atoms with Gasteiger partial charge in [-0.2, -0.15) is 5.10 Å². The molecule has 0 atom stereocenters. The van der Waals surface area contributed by atoms with Gasteiger partial charge in [-0.25, -0.2) is 14.6 Å². The Balaban J connectivity index is 1.86. The van der Waals surface area contributed by atoms with Crippen LogP contribution in [0, 0.1) is 0 Å². The largest absolute Gasteiger partial charge is 0.292 e. The molecule has 4 rings (SSSR count). The van der Waals surface area contributed by atoms with Crippen molar-refractivity contribution in [1.29, 1.82) is 0 Å². The zero-order valence-corrected chi connectivity index (χ0v) is 14.2. The van der Waals surface area contributed by atoms with Crippen molar-refractivity contribution in [2.45, 2.75) is 6.54 Å². The molecule has 10 heteroatoms. The predicted octanol–water partition coefficient (Wildman–Crippen LogP) is 1.01. The number of thiazole rings is 1. The zero-order valence-electron chi connectivity index (χ0n) is 11.8. The van der Waals surface area contributed by atoms with Crippen molar-refractivity contribution in [3.63, 3.8) is 0 Å². The van der Waals surface area contributed by atoms with Gasteiger partial charge in [0.1, 0.15) is 16.3 Å². The number of hydrogen-bond acceptors (Lipinski definition) is 6. The third kappa shape index (κ3) is 2.21. The third-order valence-corrected chi connectivity index (χ3v) is 4.77. The molecule has 0 aliphatic rings. The van der Waals surface area contributed by atoms with Crippen LogP contribution in [-0.4, -0.2) is 28.7 Å². The molecule has 0 spiro atoms. The fourth-order valence-corrected chi connectivity index (χ4v) is 3.71. The molecule has 0 unspecified atom stereocenters. The van der Waals surface area contributed by atoms with Crippen LogP contribution in [-0.2, 0) is 13.6 Å². The van der Waals surface area contributed by atoms with Crippen LogP contribution in [0.3, 0.4) is 0 Å². The number of hydrogen-bond donors (Lipinski definition) is 0. The molecule has 116 valence electrons. The SMILES string of the molecule is Cn1nc(Br)c2c(=O)n(Cc3cc(=O)n4ccsc4n3)cnc21. The second-order valence-corrected chi connectivity index (χ2v) is 6.56. The van der Waals surface area contributed by atoms with E-state index in [1.165, 1.54) is 37.4 Å². The second kappa shape index (κ2) is 5.10. The van der Waals surface area contributed by atoms with Crippen molar-refractivity contribution < 1.29 is 0 Å². The molecular formula is C13H9BrN6O2S. The molecule has 4 aromatic heterocycles. The lowest BCUT2D eigenvalue weighted by molar-refractivity contribution is 0.721. The van der Waals surface area contributed by atoms with Gasteiger partial charge in [-0.1, -0.05) is 0 Å². The van der Waals surface area contributed by atoms with Gasteiger partial charge >= 0.3 is 0 Å². The molecule has 0 fully saturated rings. The lowest BCUT2D eigenvalue weighted by atomic mass is 10.3. The van der Waals surface area contributed by atoms with Crippen LogP contribution in [0.4, 0.5) is 0 Å². The molecule has 4 heterocycles. The first-order valence-corrected chi connectivity index (χ1v) is 8.25. The molecule has 0 saturated heterocycles. The minimum atomic E-state index is -0.233. The molecule has 4 aromatic rings. The normalized spacial score (nSPS) is 11.6. The molecule has 0 aliphatic heterocycles. The van der Waals surface area contributed by atoms with E-state index in [0.29, 0.717) is 26.3 Å². The standard InChI is InChI=1S/C13H9BrN6O2S/c1-18-11-9(10(14)17-18)12(22)19(6-15-11)5-7-4-8(21)20-2-3-23-13(20)16-7/h2-4,6H,5H2,1H3. The predicted molar refractivity (Wildman–Crippen MR) is 88.9 cm³/mol. The number of halogens is 1. The van der Waals surface area contributed by atoms with Crippen molar-refractivity contribution in [2.24, 2.45) is 7.05 Å². The van der Waals surface area contributed by atoms with Crippen LogP contribution in [0.25, 0.3) is 16.0 Å². The maximum atomic E-state index is 12.6. The third-order valence-electron chi connectivity index (χ3n) is 3.46. The Labute approximate surface area is 140 Å². The summed E-state index contributed by atoms with van der Waals surface area (Å²) in [6.07, 6.45) is 3.11. The summed E-state index contributed by atoms with van der Waals surface area (Å²) in [5.74, 6) is 0. The average molecular weight is 393 g/mol. The quantitative estimate of drug-likeness (QED) is 0.507. The Hall–Kier alpha value is -2.33. The van der Waals surface area contributed by atoms with E-state index < -0.39 is 0 Å². The van der Waals surface area contributed by atoms with E-state index in [0.717, 1.165) is 0 Å². The molecule has 0 aliphatic carbocycles. The fourth-order valence-electron chi connectivity index (χ4n) is 2.39. The first-order valence-electron chi connectivity index (χ1n) is 6.58. The lowest BCUT2D eigenvalue weighted by Crippen LogP contribution is -2.23. The molecule has 0 N–H and O–H groups in total. The van der Waals surface area contributed by atoms with E-state index in [-0.39, 0.29) is 17.7 Å². The van der Waals surface area contributed by atoms with E-state index in [1.807, 2.05) is 0 Å². The molecule has 23 heavy (non-hydrogen) atoms. The summed E-state index contributed by atoms with van der Waals surface area (Å²) in [5.41, 5.74) is 0.611. The molecule has 0 amide bonds. The van der Waals surface area contributed by atoms with E-state index >= 15 is 0 Å². The van der Waals surface area contributed by atoms with Gasteiger partial charge in [-0.15, -0.1) is 11.3 Å². The van der Waals surface area contributed by atoms with E-state index in [4.69, 9.17) is 0 Å². The molecular weight excluding hydrogens is 384 g/mol. The zero-order chi connectivity index (χ0) is 16.1. The average Bonchev–Trinajstić information content (AvgIpc) is 3.07. The number of nitrogens with zero attached hydrogens (tertiary/aromatic N) is 6. The van der Waals surface area contributed by atoms with Crippen LogP contribution < -0.4 is 11.1 Å². The second-order valence-electron chi connectivity index (χ2n) is 4.93. The van der Waals surface area contributed by atoms with Gasteiger partial charge in [-0.3, -0.25) is 18.6 Å². The summed E-state index contributed by atoms with van der Waals surface area (Å²) >= 11 is 4.64. The Bertz CT molecular complexity index is 1170. The van der Waals surface area contributed by atoms with Gasteiger partial charge < -0.3 is 0 Å². The molecule has 0 aromatic carbocycles. The van der Waals surface area contributed by atoms with Gasteiger partial charge in [0, 0.05) is 24.7 Å². The summed E-state index contributed by atoms with van der Waals surface area (Å²) in [6, 6.07) is 1.43. The van der Waals surface area contributed by atoms with Crippen LogP contribution in [0.5, 0.6) is 0 Å². The first-order chi connectivity index (χ1) is 11.0. The van der Waals surface area contributed by atoms with Crippen molar-refractivity contribution in [2.75, 3.05) is 0 Å². The minimum absolute atomic E-state index is 0.170. The highest BCUT2D eigenvalue weighted by Gasteiger charge is 2.14. The number of aromatic nitrogens is 6. The highest BCUT2D eigenvalue weighted by atomic mass is 79.9. The summed E-state index contributed by atoms with van der Waals surface area (Å²) in [7, 11) is 1.72. The van der Waals surface area contributed by atoms with Crippen LogP contribution in [0.2, 0.25) is 0 Å². The topological polar surface area (TPSA) is 87.1 Å². The Kier molecular flexibility index (Phi) is 3.16. The number of rotatable bonds is 2. The maximum Gasteiger partial charge on any atom is 0.266 e. The lowest BCUT2D eigenvalue weighted by Gasteiger charge is -2.05. The van der Waals surface area contributed by atoms with Gasteiger partial charge in [0.05, 0.1) is 12.2 Å². The smallest absolute Gasteiger partial charge is 0.266 e. The van der Waals surface area contributed by atoms with Crippen LogP contribution in [0.1, 0.15) is 5.69 Å². The Morgan fingerprint density at radius 1 is 1.35 bits per heavy atom. The van der Waals surface area contributed by atoms with Gasteiger partial charge in [0.2, 0.25) is 0 Å². The van der Waals surface area contributed by atoms with E-state index in [2.05, 4.69) is 31.0 Å². The van der Waals surface area contributed by atoms with Crippen molar-refractivity contribution in [1.82, 2.24) is 28.7 Å². The highest BCUT2D eigenvalue weighted by Crippen LogP contribution is 2.17.